The third-order valence-electron chi connectivity index (χ3n) is 0.808. The molecule has 0 saturated carbocycles. The van der Waals surface area contributed by atoms with E-state index in [9.17, 15) is 0 Å². The molecule has 0 aliphatic heterocycles. The van der Waals surface area contributed by atoms with Crippen LogP contribution < -0.4 is 18.1 Å². The fourth-order valence-corrected chi connectivity index (χ4v) is 0.394. The van der Waals surface area contributed by atoms with Gasteiger partial charge in [-0.3, -0.25) is 0 Å². The molecule has 12 heavy (non-hydrogen) atoms. The van der Waals surface area contributed by atoms with E-state index >= 15 is 0 Å². The molecule has 3 nitrogen and oxygen atoms in total. The van der Waals surface area contributed by atoms with Crippen molar-refractivity contribution in [2.75, 3.05) is 27.7 Å². The summed E-state index contributed by atoms with van der Waals surface area (Å²) < 4.78 is 0. The lowest BCUT2D eigenvalue weighted by Gasteiger charge is -2.09. The highest BCUT2D eigenvalue weighted by molar-refractivity contribution is 4.34. The average Bonchev–Trinajstić information content (AvgIpc) is 1.79. The Bertz CT molecular complexity index is 63.9. The van der Waals surface area contributed by atoms with E-state index in [-0.39, 0.29) is 17.1 Å². The standard InChI is InChI=1S/C5H13N.C3H10NO.ClH/c1-2-3-4-5-6;1-4(2,3)5;/h2-6H2,1H3;5H,1-3H3;1H/q;+1;/p-1. The van der Waals surface area contributed by atoms with Gasteiger partial charge in [0.25, 0.3) is 0 Å². The molecule has 0 saturated heterocycles. The van der Waals surface area contributed by atoms with E-state index in [0.717, 1.165) is 6.54 Å². The van der Waals surface area contributed by atoms with Crippen LogP contribution in [-0.4, -0.2) is 37.5 Å². The molecule has 0 bridgehead atoms. The molecule has 0 fully saturated rings. The molecule has 0 heterocycles. The van der Waals surface area contributed by atoms with E-state index in [4.69, 9.17) is 10.9 Å². The molecule has 0 aromatic heterocycles. The number of rotatable bonds is 3. The Kier molecular flexibility index (Phi) is 16.8. The molecule has 0 aliphatic carbocycles. The quantitative estimate of drug-likeness (QED) is 0.320. The van der Waals surface area contributed by atoms with Crippen molar-refractivity contribution in [2.24, 2.45) is 5.73 Å². The summed E-state index contributed by atoms with van der Waals surface area (Å²) in [6, 6.07) is 0. The first-order chi connectivity index (χ1) is 4.91. The lowest BCUT2D eigenvalue weighted by molar-refractivity contribution is -1.06. The zero-order chi connectivity index (χ0) is 9.33. The van der Waals surface area contributed by atoms with Crippen molar-refractivity contribution in [2.45, 2.75) is 26.2 Å². The fraction of sp³-hybridized carbons (Fsp3) is 1.00. The number of halogens is 1. The summed E-state index contributed by atoms with van der Waals surface area (Å²) in [5.41, 5.74) is 5.21. The molecule has 0 amide bonds. The highest BCUT2D eigenvalue weighted by atomic mass is 35.5. The molecule has 0 radical (unpaired) electrons. The lowest BCUT2D eigenvalue weighted by Crippen LogP contribution is -3.00. The molecule has 0 atom stereocenters. The van der Waals surface area contributed by atoms with Crippen LogP contribution in [0.3, 0.4) is 0 Å². The Morgan fingerprint density at radius 2 is 1.50 bits per heavy atom. The predicted octanol–water partition coefficient (Wildman–Crippen LogP) is -1.78. The maximum absolute atomic E-state index is 8.46. The van der Waals surface area contributed by atoms with Crippen LogP contribution in [0.5, 0.6) is 0 Å². The van der Waals surface area contributed by atoms with Gasteiger partial charge in [-0.15, -0.1) is 0 Å². The van der Waals surface area contributed by atoms with Gasteiger partial charge in [0, 0.05) is 0 Å². The van der Waals surface area contributed by atoms with Crippen LogP contribution in [0, 0.1) is 0 Å². The van der Waals surface area contributed by atoms with Gasteiger partial charge in [-0.2, -0.15) is 4.65 Å². The second-order valence-electron chi connectivity index (χ2n) is 3.44. The average molecular weight is 199 g/mol. The van der Waals surface area contributed by atoms with Crippen LogP contribution in [0.2, 0.25) is 0 Å². The lowest BCUT2D eigenvalue weighted by atomic mass is 10.3. The first-order valence-corrected chi connectivity index (χ1v) is 4.16. The summed E-state index contributed by atoms with van der Waals surface area (Å²) in [6.45, 7) is 3.03. The molecule has 3 N–H and O–H groups in total. The fourth-order valence-electron chi connectivity index (χ4n) is 0.394. The van der Waals surface area contributed by atoms with Crippen LogP contribution >= 0.6 is 0 Å². The van der Waals surface area contributed by atoms with Gasteiger partial charge >= 0.3 is 0 Å². The van der Waals surface area contributed by atoms with Gasteiger partial charge in [0.2, 0.25) is 0 Å². The maximum atomic E-state index is 8.46. The van der Waals surface area contributed by atoms with Crippen molar-refractivity contribution < 1.29 is 22.3 Å². The monoisotopic (exact) mass is 198 g/mol. The van der Waals surface area contributed by atoms with Crippen molar-refractivity contribution in [1.82, 2.24) is 0 Å². The Morgan fingerprint density at radius 3 is 1.58 bits per heavy atom. The van der Waals surface area contributed by atoms with Gasteiger partial charge in [-0.25, -0.2) is 5.21 Å². The minimum atomic E-state index is 0. The number of hydrogen-bond donors (Lipinski definition) is 2. The second-order valence-corrected chi connectivity index (χ2v) is 3.44. The van der Waals surface area contributed by atoms with Crippen molar-refractivity contribution in [1.29, 1.82) is 0 Å². The highest BCUT2D eigenvalue weighted by Gasteiger charge is 1.92. The molecule has 0 aromatic carbocycles. The van der Waals surface area contributed by atoms with E-state index in [1.807, 2.05) is 0 Å². The summed E-state index contributed by atoms with van der Waals surface area (Å²) >= 11 is 0. The van der Waals surface area contributed by atoms with Gasteiger partial charge in [-0.05, 0) is 13.0 Å². The van der Waals surface area contributed by atoms with Crippen LogP contribution in [-0.2, 0) is 0 Å². The Hall–Kier alpha value is 0.170. The molecule has 0 unspecified atom stereocenters. The number of nitrogens with zero attached hydrogens (tertiary/aromatic N) is 1. The first-order valence-electron chi connectivity index (χ1n) is 4.16. The number of hydrogen-bond acceptors (Lipinski definition) is 2. The summed E-state index contributed by atoms with van der Waals surface area (Å²) in [5, 5.41) is 8.46. The SMILES string of the molecule is CCCCCN.C[N+](C)(C)O.[Cl-]. The van der Waals surface area contributed by atoms with E-state index < -0.39 is 0 Å². The Morgan fingerprint density at radius 1 is 1.17 bits per heavy atom. The topological polar surface area (TPSA) is 46.2 Å². The molecule has 0 rings (SSSR count). The molecule has 78 valence electrons. The van der Waals surface area contributed by atoms with Crippen LogP contribution in [0.1, 0.15) is 26.2 Å². The van der Waals surface area contributed by atoms with Crippen LogP contribution in [0.15, 0.2) is 0 Å². The summed E-state index contributed by atoms with van der Waals surface area (Å²) in [5.74, 6) is 0. The summed E-state index contributed by atoms with van der Waals surface area (Å²) in [6.07, 6.45) is 3.75. The van der Waals surface area contributed by atoms with Crippen LogP contribution in [0.25, 0.3) is 0 Å². The van der Waals surface area contributed by atoms with Gasteiger partial charge in [0.15, 0.2) is 0 Å². The van der Waals surface area contributed by atoms with Gasteiger partial charge < -0.3 is 18.1 Å². The van der Waals surface area contributed by atoms with E-state index in [2.05, 4.69) is 6.92 Å². The smallest absolute Gasteiger partial charge is 0.0979 e. The molecule has 0 aliphatic rings. The normalized spacial score (nSPS) is 9.50. The van der Waals surface area contributed by atoms with E-state index in [1.165, 1.54) is 19.3 Å². The largest absolute Gasteiger partial charge is 1.00 e. The van der Waals surface area contributed by atoms with Crippen molar-refractivity contribution in [3.05, 3.63) is 0 Å². The van der Waals surface area contributed by atoms with E-state index in [1.54, 1.807) is 21.1 Å². The Balaban J connectivity index is -0.000000126. The molecular weight excluding hydrogens is 176 g/mol. The third-order valence-corrected chi connectivity index (χ3v) is 0.808. The van der Waals surface area contributed by atoms with Crippen molar-refractivity contribution in [3.63, 3.8) is 0 Å². The molecule has 0 aromatic rings. The van der Waals surface area contributed by atoms with E-state index in [0.29, 0.717) is 0 Å². The number of nitrogens with two attached hydrogens (primary N) is 1. The number of quaternary nitrogens is 1. The van der Waals surface area contributed by atoms with Crippen molar-refractivity contribution >= 4 is 0 Å². The maximum Gasteiger partial charge on any atom is 0.0979 e. The third kappa shape index (κ3) is 85.1. The van der Waals surface area contributed by atoms with Gasteiger partial charge in [-0.1, -0.05) is 19.8 Å². The Labute approximate surface area is 82.5 Å². The van der Waals surface area contributed by atoms with Gasteiger partial charge in [0.05, 0.1) is 21.1 Å². The minimum Gasteiger partial charge on any atom is -1.00 e. The van der Waals surface area contributed by atoms with Gasteiger partial charge in [0.1, 0.15) is 0 Å². The molecular formula is C8H23ClN2O. The number of hydroxylamine groups is 3. The second kappa shape index (κ2) is 11.2. The highest BCUT2D eigenvalue weighted by Crippen LogP contribution is 1.88. The zero-order valence-electron chi connectivity index (χ0n) is 8.68. The predicted molar refractivity (Wildman–Crippen MR) is 48.4 cm³/mol. The first kappa shape index (κ1) is 18.1. The summed E-state index contributed by atoms with van der Waals surface area (Å²) in [7, 11) is 5.04. The minimum absolute atomic E-state index is 0. The summed E-state index contributed by atoms with van der Waals surface area (Å²) in [4.78, 5) is 0. The zero-order valence-corrected chi connectivity index (χ0v) is 9.43. The molecule has 4 heteroatoms. The van der Waals surface area contributed by atoms with Crippen LogP contribution in [0.4, 0.5) is 0 Å². The van der Waals surface area contributed by atoms with Crippen molar-refractivity contribution in [3.8, 4) is 0 Å². The molecule has 0 spiro atoms. The number of unbranched alkanes of at least 4 members (excludes halogenated alkanes) is 2.